The maximum Gasteiger partial charge on any atom is 0.305 e. The van der Waals surface area contributed by atoms with Crippen LogP contribution in [0.1, 0.15) is 72.6 Å². The Bertz CT molecular complexity index is 528. The van der Waals surface area contributed by atoms with Crippen molar-refractivity contribution in [2.45, 2.75) is 103 Å². The summed E-state index contributed by atoms with van der Waals surface area (Å²) in [4.78, 5) is 22.7. The molecule has 6 nitrogen and oxygen atoms in total. The van der Waals surface area contributed by atoms with Crippen molar-refractivity contribution in [3.05, 3.63) is 0 Å². The highest BCUT2D eigenvalue weighted by Gasteiger charge is 2.46. The third-order valence-electron chi connectivity index (χ3n) is 6.65. The lowest BCUT2D eigenvalue weighted by molar-refractivity contribution is -0.148. The van der Waals surface area contributed by atoms with Crippen molar-refractivity contribution in [3.63, 3.8) is 0 Å². The van der Waals surface area contributed by atoms with Crippen LogP contribution in [0.15, 0.2) is 0 Å². The molecule has 0 aromatic rings. The van der Waals surface area contributed by atoms with E-state index in [2.05, 4.69) is 38.6 Å². The van der Waals surface area contributed by atoms with E-state index >= 15 is 0 Å². The Morgan fingerprint density at radius 3 is 2.24 bits per heavy atom. The molecule has 0 heterocycles. The van der Waals surface area contributed by atoms with Crippen LogP contribution in [0.2, 0.25) is 18.1 Å². The van der Waals surface area contributed by atoms with Crippen molar-refractivity contribution >= 4 is 20.3 Å². The van der Waals surface area contributed by atoms with Crippen LogP contribution in [0, 0.1) is 11.8 Å². The number of carbonyl (C=O) groups is 2. The molecule has 0 aromatic carbocycles. The third-order valence-corrected chi connectivity index (χ3v) is 11.2. The second-order valence-electron chi connectivity index (χ2n) is 9.88. The highest BCUT2D eigenvalue weighted by atomic mass is 28.4. The van der Waals surface area contributed by atoms with Crippen LogP contribution in [0.4, 0.5) is 0 Å². The molecule has 1 rings (SSSR count). The standard InChI is InChI=1S/C22H42O6Si/c1-16(23)28-20-14-19(24)18(15-27-29(6,7)22(2,3)4)17(20)12-10-8-9-11-13-21(25)26-5/h17-20,24H,8-15H2,1-7H3/t17-,18-,19+,20+/m1/s1. The number of unbranched alkanes of at least 4 members (excludes halogenated alkanes) is 3. The molecule has 0 spiro atoms. The molecule has 1 aliphatic rings. The van der Waals surface area contributed by atoms with Gasteiger partial charge in [0.1, 0.15) is 6.10 Å². The number of hydrogen-bond donors (Lipinski definition) is 1. The van der Waals surface area contributed by atoms with Gasteiger partial charge in [0.05, 0.1) is 13.2 Å². The Kier molecular flexibility index (Phi) is 10.3. The molecule has 0 radical (unpaired) electrons. The number of aliphatic hydroxyl groups excluding tert-OH is 1. The van der Waals surface area contributed by atoms with Crippen LogP contribution in [-0.2, 0) is 23.5 Å². The molecule has 7 heteroatoms. The summed E-state index contributed by atoms with van der Waals surface area (Å²) in [5.74, 6) is -0.360. The molecule has 4 atom stereocenters. The molecule has 0 unspecified atom stereocenters. The van der Waals surface area contributed by atoms with Crippen LogP contribution in [0.3, 0.4) is 0 Å². The molecule has 0 saturated heterocycles. The van der Waals surface area contributed by atoms with E-state index in [-0.39, 0.29) is 34.9 Å². The molecule has 0 aliphatic heterocycles. The Labute approximate surface area is 177 Å². The first-order valence-electron chi connectivity index (χ1n) is 10.9. The van der Waals surface area contributed by atoms with Crippen molar-refractivity contribution in [1.82, 2.24) is 0 Å². The van der Waals surface area contributed by atoms with Crippen LogP contribution in [-0.4, -0.2) is 51.3 Å². The van der Waals surface area contributed by atoms with Crippen molar-refractivity contribution in [2.24, 2.45) is 11.8 Å². The monoisotopic (exact) mass is 430 g/mol. The summed E-state index contributed by atoms with van der Waals surface area (Å²) in [5.41, 5.74) is 0. The quantitative estimate of drug-likeness (QED) is 0.296. The lowest BCUT2D eigenvalue weighted by Crippen LogP contribution is -2.43. The number of ether oxygens (including phenoxy) is 2. The zero-order valence-corrected chi connectivity index (χ0v) is 20.5. The van der Waals surface area contributed by atoms with Crippen molar-refractivity contribution in [2.75, 3.05) is 13.7 Å². The molecule has 1 aliphatic carbocycles. The number of carbonyl (C=O) groups excluding carboxylic acids is 2. The molecule has 0 amide bonds. The molecule has 29 heavy (non-hydrogen) atoms. The Balaban J connectivity index is 2.64. The summed E-state index contributed by atoms with van der Waals surface area (Å²) in [7, 11) is -0.500. The number of methoxy groups -OCH3 is 1. The summed E-state index contributed by atoms with van der Waals surface area (Å²) in [5, 5.41) is 10.8. The predicted octanol–water partition coefficient (Wildman–Crippen LogP) is 4.45. The Hall–Kier alpha value is -0.923. The van der Waals surface area contributed by atoms with E-state index in [1.165, 1.54) is 14.0 Å². The Morgan fingerprint density at radius 1 is 1.07 bits per heavy atom. The van der Waals surface area contributed by atoms with Crippen molar-refractivity contribution in [1.29, 1.82) is 0 Å². The van der Waals surface area contributed by atoms with Crippen molar-refractivity contribution in [3.8, 4) is 0 Å². The van der Waals surface area contributed by atoms with Gasteiger partial charge < -0.3 is 19.0 Å². The van der Waals surface area contributed by atoms with Crippen LogP contribution < -0.4 is 0 Å². The normalized spacial score (nSPS) is 25.1. The van der Waals surface area contributed by atoms with Gasteiger partial charge >= 0.3 is 11.9 Å². The van der Waals surface area contributed by atoms with Gasteiger partial charge in [0.2, 0.25) is 0 Å². The summed E-state index contributed by atoms with van der Waals surface area (Å²) in [6, 6.07) is 0. The van der Waals surface area contributed by atoms with Gasteiger partial charge in [0, 0.05) is 38.2 Å². The van der Waals surface area contributed by atoms with Gasteiger partial charge in [-0.15, -0.1) is 0 Å². The summed E-state index contributed by atoms with van der Waals surface area (Å²) in [6.45, 7) is 13.0. The predicted molar refractivity (Wildman–Crippen MR) is 116 cm³/mol. The van der Waals surface area contributed by atoms with Gasteiger partial charge in [-0.1, -0.05) is 40.0 Å². The topological polar surface area (TPSA) is 82.1 Å². The van der Waals surface area contributed by atoms with Crippen LogP contribution in [0.5, 0.6) is 0 Å². The molecular weight excluding hydrogens is 388 g/mol. The molecule has 1 fully saturated rings. The summed E-state index contributed by atoms with van der Waals surface area (Å²) >= 11 is 0. The average molecular weight is 431 g/mol. The number of aliphatic hydroxyl groups is 1. The Morgan fingerprint density at radius 2 is 1.69 bits per heavy atom. The first-order chi connectivity index (χ1) is 13.4. The van der Waals surface area contributed by atoms with Crippen LogP contribution in [0.25, 0.3) is 0 Å². The molecular formula is C22H42O6Si. The summed E-state index contributed by atoms with van der Waals surface area (Å²) in [6.07, 6.45) is 4.85. The van der Waals surface area contributed by atoms with Gasteiger partial charge in [-0.2, -0.15) is 0 Å². The lowest BCUT2D eigenvalue weighted by Gasteiger charge is -2.38. The fourth-order valence-electron chi connectivity index (χ4n) is 3.76. The minimum Gasteiger partial charge on any atom is -0.469 e. The van der Waals surface area contributed by atoms with E-state index in [0.717, 1.165) is 32.1 Å². The minimum absolute atomic E-state index is 0.0106. The maximum atomic E-state index is 11.5. The fourth-order valence-corrected chi connectivity index (χ4v) is 4.80. The smallest absolute Gasteiger partial charge is 0.305 e. The first kappa shape index (κ1) is 26.1. The van der Waals surface area contributed by atoms with Gasteiger partial charge in [0.15, 0.2) is 8.32 Å². The largest absolute Gasteiger partial charge is 0.469 e. The van der Waals surface area contributed by atoms with Crippen molar-refractivity contribution < 1.29 is 28.6 Å². The lowest BCUT2D eigenvalue weighted by atomic mass is 9.89. The van der Waals surface area contributed by atoms with Gasteiger partial charge in [-0.25, -0.2) is 0 Å². The van der Waals surface area contributed by atoms with Gasteiger partial charge in [0.25, 0.3) is 0 Å². The van der Waals surface area contributed by atoms with E-state index in [1.54, 1.807) is 0 Å². The highest BCUT2D eigenvalue weighted by Crippen LogP contribution is 2.41. The zero-order valence-electron chi connectivity index (χ0n) is 19.5. The SMILES string of the molecule is COC(=O)CCCCCC[C@@H]1[C@@H](CO[Si](C)(C)C(C)(C)C)[C@@H](O)C[C@@H]1OC(C)=O. The third kappa shape index (κ3) is 8.38. The minimum atomic E-state index is -1.91. The molecule has 1 N–H and O–H groups in total. The van der Waals surface area contributed by atoms with E-state index in [1.807, 2.05) is 0 Å². The fraction of sp³-hybridized carbons (Fsp3) is 0.909. The zero-order chi connectivity index (χ0) is 22.2. The van der Waals surface area contributed by atoms with E-state index in [0.29, 0.717) is 19.4 Å². The average Bonchev–Trinajstić information content (AvgIpc) is 2.88. The maximum absolute atomic E-state index is 11.5. The van der Waals surface area contributed by atoms with Crippen LogP contribution >= 0.6 is 0 Å². The van der Waals surface area contributed by atoms with E-state index < -0.39 is 14.4 Å². The van der Waals surface area contributed by atoms with Gasteiger partial charge in [-0.3, -0.25) is 9.59 Å². The molecule has 0 bridgehead atoms. The molecule has 170 valence electrons. The molecule has 1 saturated carbocycles. The number of hydrogen-bond acceptors (Lipinski definition) is 6. The second-order valence-corrected chi connectivity index (χ2v) is 14.7. The van der Waals surface area contributed by atoms with Gasteiger partial charge in [-0.05, 0) is 31.0 Å². The molecule has 0 aromatic heterocycles. The van der Waals surface area contributed by atoms with E-state index in [9.17, 15) is 14.7 Å². The first-order valence-corrected chi connectivity index (χ1v) is 13.9. The van der Waals surface area contributed by atoms with E-state index in [4.69, 9.17) is 9.16 Å². The number of esters is 2. The summed E-state index contributed by atoms with van der Waals surface area (Å²) < 4.78 is 16.6. The number of rotatable bonds is 11. The second kappa shape index (κ2) is 11.5. The highest BCUT2D eigenvalue weighted by molar-refractivity contribution is 6.74.